The van der Waals surface area contributed by atoms with E-state index in [1.807, 2.05) is 6.07 Å². The van der Waals surface area contributed by atoms with Crippen molar-refractivity contribution >= 4 is 12.4 Å². The van der Waals surface area contributed by atoms with E-state index in [0.717, 1.165) is 5.56 Å². The quantitative estimate of drug-likeness (QED) is 0.640. The highest BCUT2D eigenvalue weighted by Crippen LogP contribution is 2.38. The molecular weight excluding hydrogens is 228 g/mol. The van der Waals surface area contributed by atoms with E-state index < -0.39 is 0 Å². The summed E-state index contributed by atoms with van der Waals surface area (Å²) in [6, 6.07) is 11.8. The van der Waals surface area contributed by atoms with Crippen LogP contribution in [0.2, 0.25) is 0 Å². The Kier molecular flexibility index (Phi) is 3.44. The van der Waals surface area contributed by atoms with Gasteiger partial charge in [0.1, 0.15) is 17.8 Å². The molecule has 2 aromatic rings. The number of carbonyl (C=O) groups excluding carboxylic acids is 1. The van der Waals surface area contributed by atoms with E-state index in [4.69, 9.17) is 0 Å². The fourth-order valence-electron chi connectivity index (χ4n) is 1.82. The number of phenolic OH excluding ortho intramolecular Hbond substituents is 2. The number of aldehydes is 1. The first-order valence-corrected chi connectivity index (χ1v) is 5.46. The Bertz CT molecular complexity index is 580. The summed E-state index contributed by atoms with van der Waals surface area (Å²) in [7, 11) is 0. The summed E-state index contributed by atoms with van der Waals surface area (Å²) in [5.41, 5.74) is 1.79. The normalized spacial score (nSPS) is 10.7. The Hall–Kier alpha value is -2.55. The van der Waals surface area contributed by atoms with Gasteiger partial charge < -0.3 is 10.2 Å². The van der Waals surface area contributed by atoms with Crippen LogP contribution in [0.1, 0.15) is 5.56 Å². The summed E-state index contributed by atoms with van der Waals surface area (Å²) in [5, 5.41) is 19.7. The van der Waals surface area contributed by atoms with Gasteiger partial charge in [0.25, 0.3) is 0 Å². The van der Waals surface area contributed by atoms with Gasteiger partial charge in [-0.3, -0.25) is 4.79 Å². The van der Waals surface area contributed by atoms with E-state index in [9.17, 15) is 15.0 Å². The van der Waals surface area contributed by atoms with Crippen molar-refractivity contribution in [3.05, 3.63) is 54.1 Å². The Balaban J connectivity index is 2.64. The van der Waals surface area contributed by atoms with Crippen molar-refractivity contribution in [3.63, 3.8) is 0 Å². The molecule has 2 rings (SSSR count). The molecule has 0 aliphatic rings. The minimum absolute atomic E-state index is 0.00181. The van der Waals surface area contributed by atoms with E-state index in [1.165, 1.54) is 18.2 Å². The van der Waals surface area contributed by atoms with Gasteiger partial charge in [0, 0.05) is 0 Å². The van der Waals surface area contributed by atoms with Gasteiger partial charge in [-0.15, -0.1) is 0 Å². The number of allylic oxidation sites excluding steroid dienone is 1. The second-order valence-electron chi connectivity index (χ2n) is 3.75. The fourth-order valence-corrected chi connectivity index (χ4v) is 1.82. The van der Waals surface area contributed by atoms with Crippen molar-refractivity contribution in [2.45, 2.75) is 0 Å². The van der Waals surface area contributed by atoms with Gasteiger partial charge in [0.05, 0.1) is 5.56 Å². The van der Waals surface area contributed by atoms with Crippen molar-refractivity contribution in [1.29, 1.82) is 0 Å². The zero-order valence-corrected chi connectivity index (χ0v) is 9.58. The molecule has 0 bridgehead atoms. The topological polar surface area (TPSA) is 57.5 Å². The molecule has 18 heavy (non-hydrogen) atoms. The molecular formula is C15H12O3. The Morgan fingerprint density at radius 3 is 2.22 bits per heavy atom. The lowest BCUT2D eigenvalue weighted by atomic mass is 9.98. The zero-order chi connectivity index (χ0) is 13.0. The molecule has 2 N–H and O–H groups in total. The molecule has 0 radical (unpaired) electrons. The number of benzene rings is 2. The first-order chi connectivity index (χ1) is 8.74. The molecule has 3 heteroatoms. The average Bonchev–Trinajstić information content (AvgIpc) is 2.37. The van der Waals surface area contributed by atoms with Crippen LogP contribution in [0.5, 0.6) is 11.5 Å². The fraction of sp³-hybridized carbons (Fsp3) is 0. The number of hydrogen-bond acceptors (Lipinski definition) is 3. The van der Waals surface area contributed by atoms with E-state index >= 15 is 0 Å². The number of aromatic hydroxyl groups is 2. The Labute approximate surface area is 105 Å². The summed E-state index contributed by atoms with van der Waals surface area (Å²) < 4.78 is 0. The maximum atomic E-state index is 10.4. The first kappa shape index (κ1) is 11.9. The van der Waals surface area contributed by atoms with Gasteiger partial charge in [-0.2, -0.15) is 0 Å². The van der Waals surface area contributed by atoms with Crippen LogP contribution in [-0.2, 0) is 4.79 Å². The van der Waals surface area contributed by atoms with Crippen LogP contribution < -0.4 is 0 Å². The van der Waals surface area contributed by atoms with Crippen molar-refractivity contribution in [2.24, 2.45) is 0 Å². The van der Waals surface area contributed by atoms with Crippen molar-refractivity contribution in [2.75, 3.05) is 0 Å². The lowest BCUT2D eigenvalue weighted by Crippen LogP contribution is -1.85. The van der Waals surface area contributed by atoms with E-state index in [0.29, 0.717) is 17.4 Å². The molecule has 0 aromatic heterocycles. The average molecular weight is 240 g/mol. The number of carbonyl (C=O) groups is 1. The molecule has 0 fully saturated rings. The van der Waals surface area contributed by atoms with Crippen LogP contribution in [0.25, 0.3) is 17.2 Å². The van der Waals surface area contributed by atoms with E-state index in [2.05, 4.69) is 0 Å². The molecule has 0 aliphatic carbocycles. The van der Waals surface area contributed by atoms with Crippen molar-refractivity contribution < 1.29 is 15.0 Å². The summed E-state index contributed by atoms with van der Waals surface area (Å²) in [6.07, 6.45) is 3.69. The Morgan fingerprint density at radius 2 is 1.56 bits per heavy atom. The molecule has 0 spiro atoms. The van der Waals surface area contributed by atoms with Gasteiger partial charge in [0.2, 0.25) is 0 Å². The smallest absolute Gasteiger partial charge is 0.142 e. The van der Waals surface area contributed by atoms with E-state index in [-0.39, 0.29) is 11.5 Å². The molecule has 0 unspecified atom stereocenters. The molecule has 0 saturated heterocycles. The molecule has 0 saturated carbocycles. The number of rotatable bonds is 3. The van der Waals surface area contributed by atoms with Gasteiger partial charge in [-0.1, -0.05) is 36.4 Å². The van der Waals surface area contributed by atoms with Crippen molar-refractivity contribution in [1.82, 2.24) is 0 Å². The second-order valence-corrected chi connectivity index (χ2v) is 3.75. The number of hydrogen-bond donors (Lipinski definition) is 2. The third-order valence-corrected chi connectivity index (χ3v) is 2.60. The van der Waals surface area contributed by atoms with Crippen LogP contribution in [0.4, 0.5) is 0 Å². The van der Waals surface area contributed by atoms with Crippen molar-refractivity contribution in [3.8, 4) is 22.6 Å². The summed E-state index contributed by atoms with van der Waals surface area (Å²) in [4.78, 5) is 10.4. The summed E-state index contributed by atoms with van der Waals surface area (Å²) in [5.74, 6) is 0.00362. The van der Waals surface area contributed by atoms with Gasteiger partial charge in [0.15, 0.2) is 0 Å². The highest BCUT2D eigenvalue weighted by molar-refractivity contribution is 5.85. The minimum atomic E-state index is 0.00181. The second kappa shape index (κ2) is 5.19. The largest absolute Gasteiger partial charge is 0.507 e. The lowest BCUT2D eigenvalue weighted by molar-refractivity contribution is -0.104. The molecule has 2 aromatic carbocycles. The standard InChI is InChI=1S/C15H12O3/c16-10-4-6-11-5-1-2-7-12(11)15-13(17)8-3-9-14(15)18/h1-10,17-18H. The van der Waals surface area contributed by atoms with Crippen LogP contribution in [0, 0.1) is 0 Å². The van der Waals surface area contributed by atoms with Crippen LogP contribution in [-0.4, -0.2) is 16.5 Å². The van der Waals surface area contributed by atoms with Crippen LogP contribution >= 0.6 is 0 Å². The Morgan fingerprint density at radius 1 is 0.889 bits per heavy atom. The highest BCUT2D eigenvalue weighted by atomic mass is 16.3. The lowest BCUT2D eigenvalue weighted by Gasteiger charge is -2.10. The highest BCUT2D eigenvalue weighted by Gasteiger charge is 2.11. The molecule has 3 nitrogen and oxygen atoms in total. The third kappa shape index (κ3) is 2.25. The monoisotopic (exact) mass is 240 g/mol. The van der Waals surface area contributed by atoms with Crippen LogP contribution in [0.15, 0.2) is 48.5 Å². The molecule has 0 aliphatic heterocycles. The predicted octanol–water partition coefficient (Wildman–Crippen LogP) is 2.98. The number of phenols is 2. The summed E-state index contributed by atoms with van der Waals surface area (Å²) in [6.45, 7) is 0. The molecule has 0 heterocycles. The first-order valence-electron chi connectivity index (χ1n) is 5.46. The third-order valence-electron chi connectivity index (χ3n) is 2.60. The minimum Gasteiger partial charge on any atom is -0.507 e. The van der Waals surface area contributed by atoms with Gasteiger partial charge in [-0.25, -0.2) is 0 Å². The van der Waals surface area contributed by atoms with Crippen LogP contribution in [0.3, 0.4) is 0 Å². The maximum absolute atomic E-state index is 10.4. The molecule has 90 valence electrons. The van der Waals surface area contributed by atoms with Gasteiger partial charge >= 0.3 is 0 Å². The van der Waals surface area contributed by atoms with E-state index in [1.54, 1.807) is 30.3 Å². The SMILES string of the molecule is O=CC=Cc1ccccc1-c1c(O)cccc1O. The van der Waals surface area contributed by atoms with Gasteiger partial charge in [-0.05, 0) is 29.3 Å². The summed E-state index contributed by atoms with van der Waals surface area (Å²) >= 11 is 0. The molecule has 0 amide bonds. The molecule has 0 atom stereocenters. The predicted molar refractivity (Wildman–Crippen MR) is 70.3 cm³/mol. The zero-order valence-electron chi connectivity index (χ0n) is 9.58. The maximum Gasteiger partial charge on any atom is 0.142 e.